The Bertz CT molecular complexity index is 1930. The van der Waals surface area contributed by atoms with Crippen molar-refractivity contribution in [1.29, 1.82) is 0 Å². The van der Waals surface area contributed by atoms with E-state index in [1.807, 2.05) is 21.1 Å². The molecule has 2 atom stereocenters. The summed E-state index contributed by atoms with van der Waals surface area (Å²) in [5, 5.41) is 9.76. The number of esters is 2. The van der Waals surface area contributed by atoms with Crippen molar-refractivity contribution in [3.8, 4) is 0 Å². The Morgan fingerprint density at radius 3 is 0.899 bits per heavy atom. The number of carboxylic acid groups (broad SMARTS) is 1. The Morgan fingerprint density at radius 1 is 0.337 bits per heavy atom. The molecule has 9 heteroatoms. The highest BCUT2D eigenvalue weighted by atomic mass is 16.7. The number of carbonyl (C=O) groups excluding carboxylic acids is 2. The molecule has 0 rings (SSSR count). The topological polar surface area (TPSA) is 108 Å². The summed E-state index contributed by atoms with van der Waals surface area (Å²) in [6, 6.07) is 0. The van der Waals surface area contributed by atoms with Gasteiger partial charge in [0, 0.05) is 12.8 Å². The van der Waals surface area contributed by atoms with Gasteiger partial charge in [-0.1, -0.05) is 308 Å². The molecule has 508 valence electrons. The molecule has 0 bridgehead atoms. The first kappa shape index (κ1) is 84.4. The molecule has 0 aromatic heterocycles. The predicted molar refractivity (Wildman–Crippen MR) is 382 cm³/mol. The van der Waals surface area contributed by atoms with E-state index in [-0.39, 0.29) is 32.2 Å². The van der Waals surface area contributed by atoms with Crippen LogP contribution in [-0.2, 0) is 33.3 Å². The minimum atomic E-state index is -1.52. The summed E-state index contributed by atoms with van der Waals surface area (Å²) in [7, 11) is 5.98. The Kier molecular flexibility index (Phi) is 65.8. The summed E-state index contributed by atoms with van der Waals surface area (Å²) in [6.07, 6.45) is 97.1. The smallest absolute Gasteiger partial charge is 0.361 e. The lowest BCUT2D eigenvalue weighted by Crippen LogP contribution is -2.40. The SMILES string of the molecule is CC/C=C\C/C=C\C/C=C\C/C=C\C/C=C\C/C=C\CCCCCCCCCCCCCCC(=O)OC(COC(=O)CCCCCCCCCCCCCCCCCCC/C=C\C/C=C\C/C=C\C/C=C\C/C=C\CC)COC(OCC[N+](C)(C)C)C(=O)O. The first-order chi connectivity index (χ1) is 43.6. The number of ether oxygens (including phenoxy) is 4. The quantitative estimate of drug-likeness (QED) is 0.0211. The van der Waals surface area contributed by atoms with Gasteiger partial charge < -0.3 is 28.5 Å². The van der Waals surface area contributed by atoms with Crippen LogP contribution in [0.25, 0.3) is 0 Å². The van der Waals surface area contributed by atoms with Crippen molar-refractivity contribution in [2.24, 2.45) is 0 Å². The predicted octanol–water partition coefficient (Wildman–Crippen LogP) is 22.9. The molecule has 0 spiro atoms. The second kappa shape index (κ2) is 69.3. The maximum absolute atomic E-state index is 13.0. The first-order valence-electron chi connectivity index (χ1n) is 36.3. The number of rotatable bonds is 66. The molecule has 0 aliphatic carbocycles. The lowest BCUT2D eigenvalue weighted by atomic mass is 10.0. The molecule has 1 N–H and O–H groups in total. The maximum Gasteiger partial charge on any atom is 0.361 e. The molecule has 0 aromatic rings. The highest BCUT2D eigenvalue weighted by Gasteiger charge is 2.25. The van der Waals surface area contributed by atoms with Crippen LogP contribution in [0.2, 0.25) is 0 Å². The number of quaternary nitrogens is 1. The van der Waals surface area contributed by atoms with E-state index in [9.17, 15) is 19.5 Å². The standard InChI is InChI=1S/C80H135NO8/c1-6-8-10-12-14-16-18-20-22-24-26-28-30-32-34-36-38-39-41-42-44-46-48-50-52-54-56-58-60-62-64-66-68-70-77(82)87-74-76(75-88-80(79(84)85)86-73-72-81(3,4)5)89-78(83)71-69-67-65-63-61-59-57-55-53-51-49-47-45-43-40-37-35-33-31-29-27-25-23-21-19-17-15-13-11-9-7-2/h8-11,14-17,20-23,26-29,32-35,40,43,76,80H,6-7,12-13,18-19,24-25,30-31,36-39,41-42,44-75H2,1-5H3/p+1/b10-8-,11-9-,16-14-,17-15-,22-20-,23-21-,28-26-,29-27-,34-32-,35-33-,43-40-. The number of unbranched alkanes of at least 4 members (excludes halogenated alkanes) is 29. The Balaban J connectivity index is 4.11. The highest BCUT2D eigenvalue weighted by Crippen LogP contribution is 2.17. The summed E-state index contributed by atoms with van der Waals surface area (Å²) >= 11 is 0. The number of allylic oxidation sites excluding steroid dienone is 22. The lowest BCUT2D eigenvalue weighted by Gasteiger charge is -2.25. The van der Waals surface area contributed by atoms with Gasteiger partial charge >= 0.3 is 17.9 Å². The van der Waals surface area contributed by atoms with Crippen LogP contribution in [0, 0.1) is 0 Å². The van der Waals surface area contributed by atoms with Crippen molar-refractivity contribution in [1.82, 2.24) is 0 Å². The van der Waals surface area contributed by atoms with E-state index >= 15 is 0 Å². The zero-order valence-corrected chi connectivity index (χ0v) is 58.0. The zero-order valence-electron chi connectivity index (χ0n) is 58.0. The van der Waals surface area contributed by atoms with Gasteiger partial charge in [0.2, 0.25) is 0 Å². The minimum Gasteiger partial charge on any atom is -0.477 e. The number of likely N-dealkylation sites (N-methyl/N-ethyl adjacent to an activating group) is 1. The van der Waals surface area contributed by atoms with E-state index in [2.05, 4.69) is 148 Å². The fourth-order valence-corrected chi connectivity index (χ4v) is 9.93. The maximum atomic E-state index is 13.0. The van der Waals surface area contributed by atoms with Gasteiger partial charge in [-0.05, 0) is 109 Å². The Labute approximate surface area is 548 Å². The van der Waals surface area contributed by atoms with Crippen molar-refractivity contribution in [3.05, 3.63) is 134 Å². The first-order valence-corrected chi connectivity index (χ1v) is 36.3. The molecule has 0 aliphatic rings. The fourth-order valence-electron chi connectivity index (χ4n) is 9.93. The van der Waals surface area contributed by atoms with E-state index in [1.54, 1.807) is 0 Å². The number of hydrogen-bond donors (Lipinski definition) is 1. The molecule has 0 aromatic carbocycles. The summed E-state index contributed by atoms with van der Waals surface area (Å²) in [6.45, 7) is 4.66. The lowest BCUT2D eigenvalue weighted by molar-refractivity contribution is -0.870. The zero-order chi connectivity index (χ0) is 64.7. The molecule has 0 heterocycles. The second-order valence-electron chi connectivity index (χ2n) is 25.1. The summed E-state index contributed by atoms with van der Waals surface area (Å²) in [5.74, 6) is -2.00. The van der Waals surface area contributed by atoms with Crippen molar-refractivity contribution in [3.63, 3.8) is 0 Å². The molecular formula is C80H136NO8+. The molecule has 9 nitrogen and oxygen atoms in total. The number of hydrogen-bond acceptors (Lipinski definition) is 7. The summed E-state index contributed by atoms with van der Waals surface area (Å²) in [5.41, 5.74) is 0. The van der Waals surface area contributed by atoms with Gasteiger partial charge in [0.25, 0.3) is 6.29 Å². The van der Waals surface area contributed by atoms with Gasteiger partial charge in [-0.2, -0.15) is 0 Å². The van der Waals surface area contributed by atoms with Crippen molar-refractivity contribution >= 4 is 17.9 Å². The molecular weight excluding hydrogens is 1100 g/mol. The molecule has 0 saturated heterocycles. The average molecular weight is 1240 g/mol. The molecule has 0 aliphatic heterocycles. The number of nitrogens with zero attached hydrogens (tertiary/aromatic N) is 1. The van der Waals surface area contributed by atoms with E-state index < -0.39 is 24.3 Å². The van der Waals surface area contributed by atoms with Gasteiger partial charge in [-0.15, -0.1) is 0 Å². The van der Waals surface area contributed by atoms with E-state index in [0.717, 1.165) is 109 Å². The number of aliphatic carboxylic acids is 1. The molecule has 2 unspecified atom stereocenters. The third-order valence-corrected chi connectivity index (χ3v) is 15.4. The Morgan fingerprint density at radius 2 is 0.607 bits per heavy atom. The largest absolute Gasteiger partial charge is 0.477 e. The second-order valence-corrected chi connectivity index (χ2v) is 25.1. The van der Waals surface area contributed by atoms with Gasteiger partial charge in [-0.25, -0.2) is 4.79 Å². The fraction of sp³-hybridized carbons (Fsp3) is 0.688. The molecule has 0 radical (unpaired) electrons. The van der Waals surface area contributed by atoms with Crippen LogP contribution in [0.4, 0.5) is 0 Å². The third-order valence-electron chi connectivity index (χ3n) is 15.4. The number of carboxylic acids is 1. The van der Waals surface area contributed by atoms with E-state index in [1.165, 1.54) is 154 Å². The molecule has 89 heavy (non-hydrogen) atoms. The molecule has 0 saturated carbocycles. The van der Waals surface area contributed by atoms with Crippen LogP contribution in [0.3, 0.4) is 0 Å². The van der Waals surface area contributed by atoms with Crippen molar-refractivity contribution < 1.29 is 42.9 Å². The van der Waals surface area contributed by atoms with Crippen LogP contribution >= 0.6 is 0 Å². The van der Waals surface area contributed by atoms with Crippen molar-refractivity contribution in [2.45, 2.75) is 309 Å². The summed E-state index contributed by atoms with van der Waals surface area (Å²) in [4.78, 5) is 37.7. The van der Waals surface area contributed by atoms with Crippen LogP contribution < -0.4 is 0 Å². The van der Waals surface area contributed by atoms with Gasteiger partial charge in [0.05, 0.1) is 34.4 Å². The van der Waals surface area contributed by atoms with Crippen LogP contribution in [-0.4, -0.2) is 87.4 Å². The normalized spacial score (nSPS) is 13.5. The van der Waals surface area contributed by atoms with Gasteiger partial charge in [0.1, 0.15) is 13.2 Å². The highest BCUT2D eigenvalue weighted by molar-refractivity contribution is 5.71. The number of carbonyl (C=O) groups is 3. The Hall–Kier alpha value is -4.57. The van der Waals surface area contributed by atoms with Crippen molar-refractivity contribution in [2.75, 3.05) is 47.5 Å². The monoisotopic (exact) mass is 1240 g/mol. The van der Waals surface area contributed by atoms with E-state index in [0.29, 0.717) is 23.9 Å². The molecule has 0 fully saturated rings. The average Bonchev–Trinajstić information content (AvgIpc) is 3.64. The van der Waals surface area contributed by atoms with E-state index in [4.69, 9.17) is 18.9 Å². The summed E-state index contributed by atoms with van der Waals surface area (Å²) < 4.78 is 23.0. The molecule has 0 amide bonds. The third kappa shape index (κ3) is 70.7. The van der Waals surface area contributed by atoms with Crippen LogP contribution in [0.15, 0.2) is 134 Å². The van der Waals surface area contributed by atoms with Gasteiger partial charge in [-0.3, -0.25) is 9.59 Å². The van der Waals surface area contributed by atoms with Crippen LogP contribution in [0.1, 0.15) is 296 Å². The van der Waals surface area contributed by atoms with Crippen LogP contribution in [0.5, 0.6) is 0 Å². The van der Waals surface area contributed by atoms with Gasteiger partial charge in [0.15, 0.2) is 6.10 Å². The minimum absolute atomic E-state index is 0.183.